The maximum absolute atomic E-state index is 13.7. The Bertz CT molecular complexity index is 662. The van der Waals surface area contributed by atoms with Crippen molar-refractivity contribution in [2.45, 2.75) is 6.54 Å². The van der Waals surface area contributed by atoms with Crippen LogP contribution in [-0.2, 0) is 6.54 Å². The Hall–Kier alpha value is -2.14. The molecule has 104 valence electrons. The number of amides is 1. The Morgan fingerprint density at radius 2 is 1.95 bits per heavy atom. The number of rotatable bonds is 4. The van der Waals surface area contributed by atoms with Crippen molar-refractivity contribution < 1.29 is 13.6 Å². The molecule has 3 N–H and O–H groups in total. The van der Waals surface area contributed by atoms with Crippen LogP contribution in [0.4, 0.5) is 14.5 Å². The van der Waals surface area contributed by atoms with E-state index in [1.165, 1.54) is 24.3 Å². The molecule has 1 amide bonds. The minimum Gasteiger partial charge on any atom is -0.380 e. The predicted molar refractivity (Wildman–Crippen MR) is 73.7 cm³/mol. The number of primary amides is 1. The van der Waals surface area contributed by atoms with Crippen molar-refractivity contribution in [3.63, 3.8) is 0 Å². The fourth-order valence-corrected chi connectivity index (χ4v) is 1.90. The average molecular weight is 297 g/mol. The number of anilines is 1. The first-order valence-corrected chi connectivity index (χ1v) is 6.12. The molecule has 0 spiro atoms. The summed E-state index contributed by atoms with van der Waals surface area (Å²) in [6.07, 6.45) is 0. The van der Waals surface area contributed by atoms with Gasteiger partial charge in [0, 0.05) is 17.7 Å². The molecule has 0 aromatic heterocycles. The van der Waals surface area contributed by atoms with E-state index in [1.807, 2.05) is 0 Å². The van der Waals surface area contributed by atoms with Gasteiger partial charge in [-0.05, 0) is 30.3 Å². The number of hydrogen-bond donors (Lipinski definition) is 2. The van der Waals surface area contributed by atoms with Crippen LogP contribution in [0.1, 0.15) is 15.9 Å². The molecule has 2 aromatic rings. The molecular weight excluding hydrogens is 286 g/mol. The van der Waals surface area contributed by atoms with E-state index < -0.39 is 17.5 Å². The highest BCUT2D eigenvalue weighted by molar-refractivity contribution is 6.33. The van der Waals surface area contributed by atoms with E-state index in [-0.39, 0.29) is 17.1 Å². The van der Waals surface area contributed by atoms with Crippen LogP contribution >= 0.6 is 11.6 Å². The van der Waals surface area contributed by atoms with Crippen molar-refractivity contribution in [1.29, 1.82) is 0 Å². The van der Waals surface area contributed by atoms with Crippen molar-refractivity contribution in [3.8, 4) is 0 Å². The van der Waals surface area contributed by atoms with E-state index in [1.54, 1.807) is 0 Å². The average Bonchev–Trinajstić information content (AvgIpc) is 2.38. The van der Waals surface area contributed by atoms with Gasteiger partial charge in [0.25, 0.3) is 0 Å². The van der Waals surface area contributed by atoms with Crippen LogP contribution in [0.3, 0.4) is 0 Å². The van der Waals surface area contributed by atoms with Gasteiger partial charge >= 0.3 is 0 Å². The number of halogens is 3. The molecule has 20 heavy (non-hydrogen) atoms. The largest absolute Gasteiger partial charge is 0.380 e. The van der Waals surface area contributed by atoms with Crippen molar-refractivity contribution in [1.82, 2.24) is 0 Å². The fraction of sp³-hybridized carbons (Fsp3) is 0.0714. The molecule has 0 aliphatic carbocycles. The number of nitrogens with two attached hydrogens (primary N) is 1. The van der Waals surface area contributed by atoms with Crippen LogP contribution in [-0.4, -0.2) is 5.91 Å². The van der Waals surface area contributed by atoms with Crippen molar-refractivity contribution in [3.05, 3.63) is 64.2 Å². The van der Waals surface area contributed by atoms with E-state index >= 15 is 0 Å². The van der Waals surface area contributed by atoms with Crippen LogP contribution < -0.4 is 11.1 Å². The molecule has 0 unspecified atom stereocenters. The van der Waals surface area contributed by atoms with Crippen LogP contribution in [0.2, 0.25) is 5.02 Å². The molecule has 2 rings (SSSR count). The lowest BCUT2D eigenvalue weighted by Gasteiger charge is -2.09. The lowest BCUT2D eigenvalue weighted by atomic mass is 10.1. The van der Waals surface area contributed by atoms with E-state index in [0.29, 0.717) is 11.3 Å². The highest BCUT2D eigenvalue weighted by Crippen LogP contribution is 2.23. The van der Waals surface area contributed by atoms with Crippen LogP contribution in [0.25, 0.3) is 0 Å². The second kappa shape index (κ2) is 5.88. The Balaban J connectivity index is 2.13. The molecule has 2 aromatic carbocycles. The first-order valence-electron chi connectivity index (χ1n) is 5.74. The van der Waals surface area contributed by atoms with Gasteiger partial charge in [0.2, 0.25) is 5.91 Å². The summed E-state index contributed by atoms with van der Waals surface area (Å²) >= 11 is 5.84. The van der Waals surface area contributed by atoms with Gasteiger partial charge in [-0.25, -0.2) is 8.78 Å². The zero-order chi connectivity index (χ0) is 14.7. The van der Waals surface area contributed by atoms with Crippen LogP contribution in [0, 0.1) is 11.6 Å². The zero-order valence-corrected chi connectivity index (χ0v) is 11.0. The summed E-state index contributed by atoms with van der Waals surface area (Å²) in [7, 11) is 0. The SMILES string of the molecule is NC(=O)c1ccc(CNc2ccc(F)cc2Cl)c(F)c1. The van der Waals surface area contributed by atoms with Gasteiger partial charge in [-0.2, -0.15) is 0 Å². The Labute approximate surface area is 119 Å². The number of nitrogens with one attached hydrogen (secondary N) is 1. The summed E-state index contributed by atoms with van der Waals surface area (Å²) in [5.41, 5.74) is 6.00. The zero-order valence-electron chi connectivity index (χ0n) is 10.3. The molecule has 0 atom stereocenters. The van der Waals surface area contributed by atoms with Gasteiger partial charge in [0.05, 0.1) is 10.7 Å². The predicted octanol–water partition coefficient (Wildman–Crippen LogP) is 3.33. The van der Waals surface area contributed by atoms with E-state index in [4.69, 9.17) is 17.3 Å². The topological polar surface area (TPSA) is 55.1 Å². The summed E-state index contributed by atoms with van der Waals surface area (Å²) in [5, 5.41) is 3.10. The maximum atomic E-state index is 13.7. The highest BCUT2D eigenvalue weighted by atomic mass is 35.5. The van der Waals surface area contributed by atoms with Crippen molar-refractivity contribution >= 4 is 23.2 Å². The van der Waals surface area contributed by atoms with Crippen LogP contribution in [0.5, 0.6) is 0 Å². The Morgan fingerprint density at radius 3 is 2.55 bits per heavy atom. The van der Waals surface area contributed by atoms with E-state index in [9.17, 15) is 13.6 Å². The molecule has 0 fully saturated rings. The number of carbonyl (C=O) groups is 1. The molecule has 0 radical (unpaired) electrons. The smallest absolute Gasteiger partial charge is 0.248 e. The summed E-state index contributed by atoms with van der Waals surface area (Å²) in [5.74, 6) is -1.69. The third-order valence-electron chi connectivity index (χ3n) is 2.74. The minimum atomic E-state index is -0.690. The molecule has 6 heteroatoms. The maximum Gasteiger partial charge on any atom is 0.248 e. The molecule has 0 bridgehead atoms. The second-order valence-corrected chi connectivity index (χ2v) is 4.56. The molecule has 0 aliphatic rings. The fourth-order valence-electron chi connectivity index (χ4n) is 1.67. The Morgan fingerprint density at radius 1 is 1.20 bits per heavy atom. The van der Waals surface area contributed by atoms with Gasteiger partial charge in [-0.1, -0.05) is 17.7 Å². The molecular formula is C14H11ClF2N2O. The van der Waals surface area contributed by atoms with Gasteiger partial charge in [-0.3, -0.25) is 4.79 Å². The third-order valence-corrected chi connectivity index (χ3v) is 3.05. The van der Waals surface area contributed by atoms with Gasteiger partial charge < -0.3 is 11.1 Å². The highest BCUT2D eigenvalue weighted by Gasteiger charge is 2.08. The summed E-state index contributed by atoms with van der Waals surface area (Å²) < 4.78 is 26.6. The molecule has 0 heterocycles. The molecule has 0 saturated carbocycles. The summed E-state index contributed by atoms with van der Waals surface area (Å²) in [6, 6.07) is 7.85. The minimum absolute atomic E-state index is 0.103. The van der Waals surface area contributed by atoms with E-state index in [2.05, 4.69) is 5.32 Å². The number of benzene rings is 2. The monoisotopic (exact) mass is 296 g/mol. The normalized spacial score (nSPS) is 10.3. The standard InChI is InChI=1S/C14H11ClF2N2O/c15-11-6-10(16)3-4-13(11)19-7-9-2-1-8(14(18)20)5-12(9)17/h1-6,19H,7H2,(H2,18,20). The molecule has 0 aliphatic heterocycles. The lowest BCUT2D eigenvalue weighted by Crippen LogP contribution is -2.12. The van der Waals surface area contributed by atoms with Gasteiger partial charge in [-0.15, -0.1) is 0 Å². The number of hydrogen-bond acceptors (Lipinski definition) is 2. The first kappa shape index (κ1) is 14.3. The first-order chi connectivity index (χ1) is 9.47. The number of carbonyl (C=O) groups excluding carboxylic acids is 1. The molecule has 3 nitrogen and oxygen atoms in total. The van der Waals surface area contributed by atoms with Crippen LogP contribution in [0.15, 0.2) is 36.4 Å². The lowest BCUT2D eigenvalue weighted by molar-refractivity contribution is 0.1000. The van der Waals surface area contributed by atoms with Gasteiger partial charge in [0.1, 0.15) is 11.6 Å². The van der Waals surface area contributed by atoms with E-state index in [0.717, 1.165) is 12.1 Å². The summed E-state index contributed by atoms with van der Waals surface area (Å²) in [6.45, 7) is 0.149. The van der Waals surface area contributed by atoms with Crippen molar-refractivity contribution in [2.24, 2.45) is 5.73 Å². The van der Waals surface area contributed by atoms with Gasteiger partial charge in [0.15, 0.2) is 0 Å². The van der Waals surface area contributed by atoms with Crippen molar-refractivity contribution in [2.75, 3.05) is 5.32 Å². The quantitative estimate of drug-likeness (QED) is 0.909. The Kier molecular flexibility index (Phi) is 4.20. The summed E-state index contributed by atoms with van der Waals surface area (Å²) in [4.78, 5) is 10.9. The molecule has 0 saturated heterocycles. The third kappa shape index (κ3) is 3.24. The second-order valence-electron chi connectivity index (χ2n) is 4.15.